The van der Waals surface area contributed by atoms with Crippen LogP contribution in [0.1, 0.15) is 51.3 Å². The van der Waals surface area contributed by atoms with Gasteiger partial charge in [-0.1, -0.05) is 24.3 Å². The number of carbonyl (C=O) groups excluding carboxylic acids is 1. The van der Waals surface area contributed by atoms with Crippen molar-refractivity contribution in [3.05, 3.63) is 130 Å². The van der Waals surface area contributed by atoms with Crippen LogP contribution in [0.4, 0.5) is 8.78 Å². The molecule has 3 heterocycles. The number of imidazole rings is 2. The number of halogens is 2. The number of aryl methyl sites for hydroxylation is 1. The molecule has 9 nitrogen and oxygen atoms in total. The zero-order valence-corrected chi connectivity index (χ0v) is 26.0. The first kappa shape index (κ1) is 31.1. The number of aromatic nitrogens is 5. The number of hydrogen-bond donors (Lipinski definition) is 0. The number of ether oxygens (including phenoxy) is 2. The number of methoxy groups -OCH3 is 1. The molecule has 0 amide bonds. The fourth-order valence-electron chi connectivity index (χ4n) is 5.53. The topological polar surface area (TPSA) is 108 Å². The van der Waals surface area contributed by atoms with E-state index in [0.717, 1.165) is 29.6 Å². The van der Waals surface area contributed by atoms with Gasteiger partial charge in [0.2, 0.25) is 5.88 Å². The fourth-order valence-corrected chi connectivity index (χ4v) is 5.53. The van der Waals surface area contributed by atoms with Gasteiger partial charge in [-0.2, -0.15) is 5.26 Å². The molecular weight excluding hydrogens is 602 g/mol. The van der Waals surface area contributed by atoms with Gasteiger partial charge in [0.1, 0.15) is 29.9 Å². The minimum Gasteiger partial charge on any atom is -0.473 e. The van der Waals surface area contributed by atoms with Crippen molar-refractivity contribution < 1.29 is 23.0 Å². The Balaban J connectivity index is 1.28. The Morgan fingerprint density at radius 3 is 2.51 bits per heavy atom. The summed E-state index contributed by atoms with van der Waals surface area (Å²) in [5.41, 5.74) is 4.72. The third-order valence-corrected chi connectivity index (χ3v) is 8.00. The first-order valence-corrected chi connectivity index (χ1v) is 14.9. The van der Waals surface area contributed by atoms with Crippen LogP contribution < -0.4 is 4.74 Å². The Morgan fingerprint density at radius 2 is 1.77 bits per heavy atom. The first-order valence-electron chi connectivity index (χ1n) is 14.9. The molecule has 0 spiro atoms. The van der Waals surface area contributed by atoms with E-state index in [1.165, 1.54) is 25.3 Å². The predicted octanol–water partition coefficient (Wildman–Crippen LogP) is 6.78. The van der Waals surface area contributed by atoms with E-state index in [4.69, 9.17) is 19.7 Å². The average Bonchev–Trinajstić information content (AvgIpc) is 3.62. The highest BCUT2D eigenvalue weighted by atomic mass is 19.1. The van der Waals surface area contributed by atoms with E-state index in [1.54, 1.807) is 48.5 Å². The number of nitriles is 1. The molecule has 6 rings (SSSR count). The summed E-state index contributed by atoms with van der Waals surface area (Å²) in [6.45, 7) is 5.07. The van der Waals surface area contributed by atoms with E-state index in [1.807, 2.05) is 30.7 Å². The lowest BCUT2D eigenvalue weighted by Crippen LogP contribution is -2.11. The second kappa shape index (κ2) is 13.2. The quantitative estimate of drug-likeness (QED) is 0.153. The highest BCUT2D eigenvalue weighted by Crippen LogP contribution is 2.27. The zero-order valence-electron chi connectivity index (χ0n) is 26.0. The second-order valence-corrected chi connectivity index (χ2v) is 10.9. The molecule has 0 saturated carbocycles. The maximum Gasteiger partial charge on any atom is 0.337 e. The highest BCUT2D eigenvalue weighted by molar-refractivity contribution is 5.93. The van der Waals surface area contributed by atoms with Crippen molar-refractivity contribution in [1.29, 1.82) is 5.26 Å². The van der Waals surface area contributed by atoms with Crippen molar-refractivity contribution in [2.75, 3.05) is 7.11 Å². The fraction of sp³-hybridized carbons (Fsp3) is 0.194. The van der Waals surface area contributed by atoms with Crippen molar-refractivity contribution in [1.82, 2.24) is 24.1 Å². The van der Waals surface area contributed by atoms with Crippen molar-refractivity contribution in [3.8, 4) is 23.2 Å². The maximum absolute atomic E-state index is 15.7. The Hall–Kier alpha value is -5.89. The number of hydrogen-bond acceptors (Lipinski definition) is 7. The summed E-state index contributed by atoms with van der Waals surface area (Å²) in [5, 5.41) is 8.95. The molecule has 0 radical (unpaired) electrons. The molecule has 3 aromatic carbocycles. The molecule has 0 fully saturated rings. The van der Waals surface area contributed by atoms with E-state index in [-0.39, 0.29) is 30.0 Å². The van der Waals surface area contributed by atoms with Gasteiger partial charge in [-0.3, -0.25) is 0 Å². The zero-order chi connectivity index (χ0) is 33.1. The molecule has 0 bridgehead atoms. The van der Waals surface area contributed by atoms with Crippen molar-refractivity contribution in [3.63, 3.8) is 0 Å². The summed E-state index contributed by atoms with van der Waals surface area (Å²) in [6, 6.07) is 21.2. The molecule has 11 heteroatoms. The van der Waals surface area contributed by atoms with E-state index in [0.29, 0.717) is 40.3 Å². The van der Waals surface area contributed by atoms with Crippen molar-refractivity contribution >= 4 is 17.0 Å². The second-order valence-electron chi connectivity index (χ2n) is 10.9. The Labute approximate surface area is 269 Å². The van der Waals surface area contributed by atoms with E-state index < -0.39 is 17.6 Å². The van der Waals surface area contributed by atoms with Gasteiger partial charge in [0, 0.05) is 30.2 Å². The van der Waals surface area contributed by atoms with Gasteiger partial charge in [0.15, 0.2) is 0 Å². The number of benzene rings is 3. The van der Waals surface area contributed by atoms with Crippen LogP contribution in [0.25, 0.3) is 22.3 Å². The molecule has 236 valence electrons. The summed E-state index contributed by atoms with van der Waals surface area (Å²) in [5.74, 6) is 0.327. The first-order chi connectivity index (χ1) is 22.8. The van der Waals surface area contributed by atoms with Crippen molar-refractivity contribution in [2.24, 2.45) is 0 Å². The van der Waals surface area contributed by atoms with Crippen molar-refractivity contribution in [2.45, 2.75) is 40.0 Å². The van der Waals surface area contributed by atoms with Gasteiger partial charge in [-0.05, 0) is 61.9 Å². The molecule has 6 aromatic rings. The highest BCUT2D eigenvalue weighted by Gasteiger charge is 2.18. The maximum atomic E-state index is 15.7. The van der Waals surface area contributed by atoms with Gasteiger partial charge >= 0.3 is 5.97 Å². The Kier molecular flexibility index (Phi) is 8.75. The molecule has 0 aliphatic rings. The smallest absolute Gasteiger partial charge is 0.337 e. The molecule has 0 aliphatic heterocycles. The third kappa shape index (κ3) is 6.44. The van der Waals surface area contributed by atoms with Crippen LogP contribution in [0.15, 0.2) is 79.0 Å². The van der Waals surface area contributed by atoms with Crippen LogP contribution >= 0.6 is 0 Å². The third-order valence-electron chi connectivity index (χ3n) is 8.00. The average molecular weight is 633 g/mol. The van der Waals surface area contributed by atoms with Gasteiger partial charge in [0.05, 0.1) is 59.5 Å². The standard InChI is InChI=1S/C36H30F2N6O3/c1-4-43-22(2)40-19-28(43)20-44-33-16-26(36(45)46-3)12-13-32(33)41-34(44)17-24-10-11-25(15-30(24)38)31-6-5-7-35(42-31)47-21-27-9-8-23(18-39)14-29(27)37/h5-16,19H,4,17,20-21H2,1-3H3. The number of nitrogens with zero attached hydrogens (tertiary/aromatic N) is 6. The summed E-state index contributed by atoms with van der Waals surface area (Å²) >= 11 is 0. The largest absolute Gasteiger partial charge is 0.473 e. The van der Waals surface area contributed by atoms with Gasteiger partial charge in [0.25, 0.3) is 0 Å². The lowest BCUT2D eigenvalue weighted by molar-refractivity contribution is 0.0601. The molecule has 0 atom stereocenters. The lowest BCUT2D eigenvalue weighted by Gasteiger charge is -2.13. The number of carbonyl (C=O) groups is 1. The number of esters is 1. The molecule has 0 aliphatic carbocycles. The van der Waals surface area contributed by atoms with Crippen LogP contribution in [-0.2, 0) is 30.9 Å². The number of rotatable bonds is 10. The summed E-state index contributed by atoms with van der Waals surface area (Å²) < 4.78 is 44.7. The molecule has 3 aromatic heterocycles. The van der Waals surface area contributed by atoms with Crippen LogP contribution in [0.2, 0.25) is 0 Å². The summed E-state index contributed by atoms with van der Waals surface area (Å²) in [7, 11) is 1.33. The Bertz CT molecular complexity index is 2160. The molecular formula is C36H30F2N6O3. The minimum absolute atomic E-state index is 0.0813. The van der Waals surface area contributed by atoms with E-state index in [9.17, 15) is 9.18 Å². The molecule has 47 heavy (non-hydrogen) atoms. The molecule has 0 unspecified atom stereocenters. The van der Waals surface area contributed by atoms with Crippen LogP contribution in [0, 0.1) is 29.9 Å². The summed E-state index contributed by atoms with van der Waals surface area (Å²) in [6.07, 6.45) is 2.01. The van der Waals surface area contributed by atoms with Crippen LogP contribution in [0.3, 0.4) is 0 Å². The Morgan fingerprint density at radius 1 is 0.957 bits per heavy atom. The van der Waals surface area contributed by atoms with Crippen LogP contribution in [0.5, 0.6) is 5.88 Å². The number of fused-ring (bicyclic) bond motifs is 1. The summed E-state index contributed by atoms with van der Waals surface area (Å²) in [4.78, 5) is 26.1. The SMILES string of the molecule is CCn1c(Cn2c(Cc3ccc(-c4cccc(OCc5ccc(C#N)cc5F)n4)cc3F)nc3ccc(C(=O)OC)cc32)cnc1C. The van der Waals surface area contributed by atoms with Gasteiger partial charge in [-0.15, -0.1) is 0 Å². The van der Waals surface area contributed by atoms with Gasteiger partial charge in [-0.25, -0.2) is 28.5 Å². The van der Waals surface area contributed by atoms with E-state index in [2.05, 4.69) is 14.5 Å². The molecule has 0 N–H and O–H groups in total. The normalized spacial score (nSPS) is 11.1. The predicted molar refractivity (Wildman–Crippen MR) is 171 cm³/mol. The van der Waals surface area contributed by atoms with Crippen LogP contribution in [-0.4, -0.2) is 37.2 Å². The monoisotopic (exact) mass is 632 g/mol. The van der Waals surface area contributed by atoms with E-state index >= 15 is 4.39 Å². The molecule has 0 saturated heterocycles. The number of pyridine rings is 1. The minimum atomic E-state index is -0.540. The van der Waals surface area contributed by atoms with Gasteiger partial charge < -0.3 is 18.6 Å². The lowest BCUT2D eigenvalue weighted by atomic mass is 10.1.